The van der Waals surface area contributed by atoms with Crippen molar-refractivity contribution in [3.05, 3.63) is 53.7 Å². The summed E-state index contributed by atoms with van der Waals surface area (Å²) >= 11 is 0. The molecule has 0 saturated heterocycles. The van der Waals surface area contributed by atoms with Crippen molar-refractivity contribution in [1.29, 1.82) is 0 Å². The number of nitrogens with one attached hydrogen (secondary N) is 1. The van der Waals surface area contributed by atoms with E-state index in [1.165, 1.54) is 0 Å². The zero-order valence-electron chi connectivity index (χ0n) is 9.30. The van der Waals surface area contributed by atoms with Crippen molar-refractivity contribution < 1.29 is 5.11 Å². The molecule has 4 nitrogen and oxygen atoms in total. The van der Waals surface area contributed by atoms with Gasteiger partial charge in [0.25, 0.3) is 0 Å². The van der Waals surface area contributed by atoms with Crippen molar-refractivity contribution in [2.24, 2.45) is 0 Å². The minimum atomic E-state index is 0.368. The number of hydrogen-bond acceptors (Lipinski definition) is 4. The molecule has 2 N–H and O–H groups in total. The second-order valence-corrected chi connectivity index (χ2v) is 4.10. The molecule has 1 aliphatic heterocycles. The Morgan fingerprint density at radius 2 is 2.06 bits per heavy atom. The third-order valence-corrected chi connectivity index (χ3v) is 2.90. The number of pyridine rings is 1. The fourth-order valence-corrected chi connectivity index (χ4v) is 2.07. The van der Waals surface area contributed by atoms with Gasteiger partial charge < -0.3 is 10.5 Å². The van der Waals surface area contributed by atoms with Crippen LogP contribution in [0.15, 0.2) is 42.6 Å². The van der Waals surface area contributed by atoms with Crippen LogP contribution in [0.4, 0.5) is 5.82 Å². The summed E-state index contributed by atoms with van der Waals surface area (Å²) < 4.78 is 0. The number of phenols is 1. The Hall–Kier alpha value is -2.07. The van der Waals surface area contributed by atoms with Crippen molar-refractivity contribution in [1.82, 2.24) is 9.99 Å². The molecule has 3 rings (SSSR count). The van der Waals surface area contributed by atoms with Crippen LogP contribution in [0.25, 0.3) is 0 Å². The fourth-order valence-electron chi connectivity index (χ4n) is 2.07. The highest BCUT2D eigenvalue weighted by Crippen LogP contribution is 2.29. The number of aromatic hydroxyl groups is 1. The molecule has 0 saturated carbocycles. The third kappa shape index (κ3) is 1.94. The number of hydrogen-bond donors (Lipinski definition) is 2. The summed E-state index contributed by atoms with van der Waals surface area (Å²) in [6, 6.07) is 11.4. The summed E-state index contributed by atoms with van der Waals surface area (Å²) in [5.74, 6) is 1.19. The van der Waals surface area contributed by atoms with Crippen molar-refractivity contribution in [3.63, 3.8) is 0 Å². The summed E-state index contributed by atoms with van der Waals surface area (Å²) in [6.45, 7) is 1.47. The molecule has 1 aromatic heterocycles. The Morgan fingerprint density at radius 1 is 1.12 bits per heavy atom. The number of hydrazine groups is 1. The van der Waals surface area contributed by atoms with Crippen molar-refractivity contribution >= 4 is 5.82 Å². The van der Waals surface area contributed by atoms with Crippen molar-refractivity contribution in [2.45, 2.75) is 13.1 Å². The standard InChI is InChI=1S/C13H13N3O/c17-12-5-3-4-10-8-16(9-11(10)12)15-13-6-1-2-7-14-13/h1-7,17H,8-9H2,(H,14,15). The first-order valence-corrected chi connectivity index (χ1v) is 5.55. The fraction of sp³-hybridized carbons (Fsp3) is 0.154. The molecule has 17 heavy (non-hydrogen) atoms. The van der Waals surface area contributed by atoms with Gasteiger partial charge in [0.2, 0.25) is 0 Å². The number of aromatic nitrogens is 1. The van der Waals surface area contributed by atoms with Gasteiger partial charge in [0, 0.05) is 24.8 Å². The Balaban J connectivity index is 1.77. The minimum absolute atomic E-state index is 0.368. The first-order chi connectivity index (χ1) is 8.33. The molecule has 0 amide bonds. The second kappa shape index (κ2) is 4.07. The van der Waals surface area contributed by atoms with Gasteiger partial charge in [-0.15, -0.1) is 0 Å². The molecule has 2 heterocycles. The van der Waals surface area contributed by atoms with E-state index in [1.54, 1.807) is 12.3 Å². The van der Waals surface area contributed by atoms with E-state index in [2.05, 4.69) is 10.4 Å². The Kier molecular flexibility index (Phi) is 2.42. The minimum Gasteiger partial charge on any atom is -0.508 e. The molecule has 0 aliphatic carbocycles. The number of phenolic OH excluding ortho intramolecular Hbond substituents is 1. The number of rotatable bonds is 2. The molecule has 1 aromatic carbocycles. The van der Waals surface area contributed by atoms with Crippen LogP contribution >= 0.6 is 0 Å². The van der Waals surface area contributed by atoms with Gasteiger partial charge in [-0.1, -0.05) is 18.2 Å². The van der Waals surface area contributed by atoms with Gasteiger partial charge >= 0.3 is 0 Å². The molecule has 0 bridgehead atoms. The summed E-state index contributed by atoms with van der Waals surface area (Å²) in [5, 5.41) is 11.8. The molecule has 86 valence electrons. The summed E-state index contributed by atoms with van der Waals surface area (Å²) in [4.78, 5) is 4.21. The van der Waals surface area contributed by atoms with E-state index >= 15 is 0 Å². The predicted molar refractivity (Wildman–Crippen MR) is 65.2 cm³/mol. The smallest absolute Gasteiger partial charge is 0.140 e. The van der Waals surface area contributed by atoms with E-state index in [0.29, 0.717) is 12.3 Å². The average Bonchev–Trinajstić information content (AvgIpc) is 2.74. The van der Waals surface area contributed by atoms with Gasteiger partial charge in [0.1, 0.15) is 11.6 Å². The maximum absolute atomic E-state index is 9.75. The first-order valence-electron chi connectivity index (χ1n) is 5.55. The van der Waals surface area contributed by atoms with Crippen LogP contribution in [-0.4, -0.2) is 15.1 Å². The summed E-state index contributed by atoms with van der Waals surface area (Å²) in [5.41, 5.74) is 5.38. The van der Waals surface area contributed by atoms with Crippen LogP contribution in [0.1, 0.15) is 11.1 Å². The molecular formula is C13H13N3O. The summed E-state index contributed by atoms with van der Waals surface area (Å²) in [6.07, 6.45) is 1.75. The van der Waals surface area contributed by atoms with Crippen LogP contribution in [0.2, 0.25) is 0 Å². The molecule has 0 spiro atoms. The quantitative estimate of drug-likeness (QED) is 0.825. The average molecular weight is 227 g/mol. The zero-order valence-corrected chi connectivity index (χ0v) is 9.30. The van der Waals surface area contributed by atoms with Gasteiger partial charge in [-0.3, -0.25) is 0 Å². The largest absolute Gasteiger partial charge is 0.508 e. The second-order valence-electron chi connectivity index (χ2n) is 4.10. The van der Waals surface area contributed by atoms with Crippen LogP contribution in [-0.2, 0) is 13.1 Å². The third-order valence-electron chi connectivity index (χ3n) is 2.90. The molecule has 2 aromatic rings. The Labute approximate surface area is 99.5 Å². The Morgan fingerprint density at radius 3 is 2.82 bits per heavy atom. The van der Waals surface area contributed by atoms with E-state index in [-0.39, 0.29) is 0 Å². The molecular weight excluding hydrogens is 214 g/mol. The number of benzene rings is 1. The molecule has 4 heteroatoms. The number of fused-ring (bicyclic) bond motifs is 1. The van der Waals surface area contributed by atoms with E-state index in [4.69, 9.17) is 0 Å². The van der Waals surface area contributed by atoms with E-state index in [1.807, 2.05) is 35.3 Å². The maximum Gasteiger partial charge on any atom is 0.140 e. The number of nitrogens with zero attached hydrogens (tertiary/aromatic N) is 2. The summed E-state index contributed by atoms with van der Waals surface area (Å²) in [7, 11) is 0. The van der Waals surface area contributed by atoms with Crippen LogP contribution in [0.3, 0.4) is 0 Å². The molecule has 0 unspecified atom stereocenters. The van der Waals surface area contributed by atoms with Crippen molar-refractivity contribution in [3.8, 4) is 5.75 Å². The van der Waals surface area contributed by atoms with Gasteiger partial charge in [0.15, 0.2) is 0 Å². The van der Waals surface area contributed by atoms with Crippen molar-refractivity contribution in [2.75, 3.05) is 5.43 Å². The highest BCUT2D eigenvalue weighted by molar-refractivity contribution is 5.43. The van der Waals surface area contributed by atoms with Crippen LogP contribution < -0.4 is 5.43 Å². The lowest BCUT2D eigenvalue weighted by atomic mass is 10.1. The van der Waals surface area contributed by atoms with E-state index in [9.17, 15) is 5.11 Å². The SMILES string of the molecule is Oc1cccc2c1CN(Nc1ccccn1)C2. The highest BCUT2D eigenvalue weighted by Gasteiger charge is 2.21. The lowest BCUT2D eigenvalue weighted by Gasteiger charge is -2.16. The lowest BCUT2D eigenvalue weighted by Crippen LogP contribution is -2.24. The molecule has 0 radical (unpaired) electrons. The molecule has 1 aliphatic rings. The van der Waals surface area contributed by atoms with Gasteiger partial charge in [-0.05, 0) is 23.8 Å². The monoisotopic (exact) mass is 227 g/mol. The van der Waals surface area contributed by atoms with Crippen LogP contribution in [0.5, 0.6) is 5.75 Å². The predicted octanol–water partition coefficient (Wildman–Crippen LogP) is 2.13. The normalized spacial score (nSPS) is 14.6. The zero-order chi connectivity index (χ0) is 11.7. The molecule has 0 atom stereocenters. The van der Waals surface area contributed by atoms with E-state index in [0.717, 1.165) is 23.5 Å². The van der Waals surface area contributed by atoms with E-state index < -0.39 is 0 Å². The van der Waals surface area contributed by atoms with Gasteiger partial charge in [-0.25, -0.2) is 9.99 Å². The number of anilines is 1. The topological polar surface area (TPSA) is 48.4 Å². The van der Waals surface area contributed by atoms with Gasteiger partial charge in [-0.2, -0.15) is 0 Å². The molecule has 0 fully saturated rings. The van der Waals surface area contributed by atoms with Crippen LogP contribution in [0, 0.1) is 0 Å². The lowest BCUT2D eigenvalue weighted by molar-refractivity contribution is 0.341. The Bertz CT molecular complexity index is 527. The maximum atomic E-state index is 9.75. The first kappa shape index (κ1) is 10.1. The highest BCUT2D eigenvalue weighted by atomic mass is 16.3. The van der Waals surface area contributed by atoms with Gasteiger partial charge in [0.05, 0.1) is 0 Å².